The molecule has 7 heteroatoms. The molecule has 144 valence electrons. The molecule has 0 spiro atoms. The number of carbonyl (C=O) groups excluding carboxylic acids is 1. The summed E-state index contributed by atoms with van der Waals surface area (Å²) in [4.78, 5) is 14.6. The molecule has 2 N–H and O–H groups in total. The fourth-order valence-corrected chi connectivity index (χ4v) is 3.18. The van der Waals surface area contributed by atoms with E-state index in [2.05, 4.69) is 21.6 Å². The minimum absolute atomic E-state index is 0.105. The van der Waals surface area contributed by atoms with Gasteiger partial charge in [0, 0.05) is 31.1 Å². The second kappa shape index (κ2) is 9.48. The second-order valence-electron chi connectivity index (χ2n) is 6.19. The van der Waals surface area contributed by atoms with Crippen LogP contribution in [-0.2, 0) is 9.53 Å². The second-order valence-corrected chi connectivity index (χ2v) is 6.62. The largest absolute Gasteiger partial charge is 0.495 e. The Morgan fingerprint density at radius 2 is 1.96 bits per heavy atom. The van der Waals surface area contributed by atoms with Gasteiger partial charge in [0.1, 0.15) is 5.75 Å². The molecule has 0 aromatic heterocycles. The molecule has 27 heavy (non-hydrogen) atoms. The van der Waals surface area contributed by atoms with Crippen molar-refractivity contribution in [3.63, 3.8) is 0 Å². The summed E-state index contributed by atoms with van der Waals surface area (Å²) in [6.07, 6.45) is 0.327. The smallest absolute Gasteiger partial charge is 0.226 e. The molecule has 6 nitrogen and oxygen atoms in total. The third-order valence-electron chi connectivity index (χ3n) is 4.36. The van der Waals surface area contributed by atoms with Crippen LogP contribution in [0.15, 0.2) is 42.5 Å². The Kier molecular flexibility index (Phi) is 6.79. The fourth-order valence-electron chi connectivity index (χ4n) is 3.00. The number of ether oxygens (including phenoxy) is 2. The summed E-state index contributed by atoms with van der Waals surface area (Å²) in [7, 11) is 1.56. The lowest BCUT2D eigenvalue weighted by Gasteiger charge is -2.30. The SMILES string of the molecule is COc1ccc(Cl)cc1NC(=O)CCNc1ccccc1N1CCOCC1. The number of morpholine rings is 1. The molecule has 1 amide bonds. The van der Waals surface area contributed by atoms with E-state index in [4.69, 9.17) is 21.1 Å². The van der Waals surface area contributed by atoms with Crippen LogP contribution in [0.25, 0.3) is 0 Å². The van der Waals surface area contributed by atoms with E-state index in [-0.39, 0.29) is 5.91 Å². The van der Waals surface area contributed by atoms with Gasteiger partial charge in [0.25, 0.3) is 0 Å². The zero-order valence-corrected chi connectivity index (χ0v) is 16.1. The van der Waals surface area contributed by atoms with Crippen molar-refractivity contribution in [3.8, 4) is 5.75 Å². The molecular formula is C20H24ClN3O3. The number of benzene rings is 2. The monoisotopic (exact) mass is 389 g/mol. The van der Waals surface area contributed by atoms with E-state index in [9.17, 15) is 4.79 Å². The van der Waals surface area contributed by atoms with Gasteiger partial charge in [-0.25, -0.2) is 0 Å². The van der Waals surface area contributed by atoms with Crippen molar-refractivity contribution < 1.29 is 14.3 Å². The Labute approximate surface area is 164 Å². The van der Waals surface area contributed by atoms with E-state index >= 15 is 0 Å². The van der Waals surface area contributed by atoms with Gasteiger partial charge in [-0.05, 0) is 30.3 Å². The standard InChI is InChI=1S/C20H24ClN3O3/c1-26-19-7-6-15(21)14-17(19)23-20(25)8-9-22-16-4-2-3-5-18(16)24-10-12-27-13-11-24/h2-7,14,22H,8-13H2,1H3,(H,23,25). The van der Waals surface area contributed by atoms with Crippen LogP contribution >= 0.6 is 11.6 Å². The molecule has 0 atom stereocenters. The quantitative estimate of drug-likeness (QED) is 0.757. The normalized spacial score (nSPS) is 13.9. The Balaban J connectivity index is 1.56. The third kappa shape index (κ3) is 5.28. The first-order chi connectivity index (χ1) is 13.2. The zero-order chi connectivity index (χ0) is 19.1. The van der Waals surface area contributed by atoms with Gasteiger partial charge in [-0.1, -0.05) is 23.7 Å². The molecule has 1 aliphatic rings. The van der Waals surface area contributed by atoms with E-state index < -0.39 is 0 Å². The van der Waals surface area contributed by atoms with Gasteiger partial charge in [-0.15, -0.1) is 0 Å². The van der Waals surface area contributed by atoms with Crippen LogP contribution in [0, 0.1) is 0 Å². The Hall–Kier alpha value is -2.44. The molecule has 3 rings (SSSR count). The van der Waals surface area contributed by atoms with Gasteiger partial charge in [0.15, 0.2) is 0 Å². The summed E-state index contributed by atoms with van der Waals surface area (Å²) >= 11 is 6.00. The molecule has 1 fully saturated rings. The molecule has 1 heterocycles. The molecular weight excluding hydrogens is 366 g/mol. The molecule has 1 saturated heterocycles. The number of rotatable bonds is 7. The number of carbonyl (C=O) groups is 1. The van der Waals surface area contributed by atoms with E-state index in [1.54, 1.807) is 25.3 Å². The number of methoxy groups -OCH3 is 1. The van der Waals surface area contributed by atoms with Gasteiger partial charge >= 0.3 is 0 Å². The highest BCUT2D eigenvalue weighted by Crippen LogP contribution is 2.28. The van der Waals surface area contributed by atoms with Crippen LogP contribution in [0.2, 0.25) is 5.02 Å². The summed E-state index contributed by atoms with van der Waals surface area (Å²) < 4.78 is 10.7. The fraction of sp³-hybridized carbons (Fsp3) is 0.350. The van der Waals surface area contributed by atoms with Gasteiger partial charge in [0.2, 0.25) is 5.91 Å². The lowest BCUT2D eigenvalue weighted by molar-refractivity contribution is -0.116. The number of amides is 1. The molecule has 2 aromatic rings. The first-order valence-corrected chi connectivity index (χ1v) is 9.34. The third-order valence-corrected chi connectivity index (χ3v) is 4.59. The number of hydrogen-bond donors (Lipinski definition) is 2. The molecule has 1 aliphatic heterocycles. The van der Waals surface area contributed by atoms with Crippen molar-refractivity contribution in [2.24, 2.45) is 0 Å². The molecule has 0 bridgehead atoms. The van der Waals surface area contributed by atoms with E-state index in [1.165, 1.54) is 0 Å². The van der Waals surface area contributed by atoms with Crippen LogP contribution in [0.1, 0.15) is 6.42 Å². The van der Waals surface area contributed by atoms with Gasteiger partial charge in [0.05, 0.1) is 37.4 Å². The average molecular weight is 390 g/mol. The minimum Gasteiger partial charge on any atom is -0.495 e. The van der Waals surface area contributed by atoms with E-state index in [0.717, 1.165) is 37.7 Å². The summed E-state index contributed by atoms with van der Waals surface area (Å²) in [6.45, 7) is 3.73. The van der Waals surface area contributed by atoms with Crippen molar-refractivity contribution in [1.82, 2.24) is 0 Å². The zero-order valence-electron chi connectivity index (χ0n) is 15.3. The summed E-state index contributed by atoms with van der Waals surface area (Å²) in [5.41, 5.74) is 2.73. The lowest BCUT2D eigenvalue weighted by Crippen LogP contribution is -2.36. The number of nitrogens with zero attached hydrogens (tertiary/aromatic N) is 1. The van der Waals surface area contributed by atoms with Crippen LogP contribution in [0.5, 0.6) is 5.75 Å². The van der Waals surface area contributed by atoms with Crippen LogP contribution in [-0.4, -0.2) is 45.9 Å². The molecule has 0 saturated carbocycles. The van der Waals surface area contributed by atoms with E-state index in [0.29, 0.717) is 29.4 Å². The number of anilines is 3. The van der Waals surface area contributed by atoms with Crippen LogP contribution < -0.4 is 20.3 Å². The van der Waals surface area contributed by atoms with Crippen molar-refractivity contribution in [3.05, 3.63) is 47.5 Å². The molecule has 0 unspecified atom stereocenters. The van der Waals surface area contributed by atoms with Crippen LogP contribution in [0.4, 0.5) is 17.1 Å². The maximum Gasteiger partial charge on any atom is 0.226 e. The lowest BCUT2D eigenvalue weighted by atomic mass is 10.2. The number of hydrogen-bond acceptors (Lipinski definition) is 5. The summed E-state index contributed by atoms with van der Waals surface area (Å²) in [5.74, 6) is 0.477. The highest BCUT2D eigenvalue weighted by molar-refractivity contribution is 6.31. The summed E-state index contributed by atoms with van der Waals surface area (Å²) in [6, 6.07) is 13.3. The molecule has 2 aromatic carbocycles. The topological polar surface area (TPSA) is 62.8 Å². The minimum atomic E-state index is -0.105. The average Bonchev–Trinajstić information content (AvgIpc) is 2.69. The predicted molar refractivity (Wildman–Crippen MR) is 109 cm³/mol. The number of nitrogens with one attached hydrogen (secondary N) is 2. The van der Waals surface area contributed by atoms with Crippen molar-refractivity contribution in [1.29, 1.82) is 0 Å². The van der Waals surface area contributed by atoms with Crippen LogP contribution in [0.3, 0.4) is 0 Å². The van der Waals surface area contributed by atoms with Gasteiger partial charge < -0.3 is 25.0 Å². The Bertz CT molecular complexity index is 779. The first-order valence-electron chi connectivity index (χ1n) is 8.96. The predicted octanol–water partition coefficient (Wildman–Crippen LogP) is 3.63. The van der Waals surface area contributed by atoms with E-state index in [1.807, 2.05) is 18.2 Å². The first kappa shape index (κ1) is 19.3. The Morgan fingerprint density at radius 1 is 1.19 bits per heavy atom. The van der Waals surface area contributed by atoms with Gasteiger partial charge in [-0.2, -0.15) is 0 Å². The summed E-state index contributed by atoms with van der Waals surface area (Å²) in [5, 5.41) is 6.76. The van der Waals surface area contributed by atoms with Crippen molar-refractivity contribution >= 4 is 34.6 Å². The number of para-hydroxylation sites is 2. The van der Waals surface area contributed by atoms with Crippen molar-refractivity contribution in [2.45, 2.75) is 6.42 Å². The van der Waals surface area contributed by atoms with Crippen molar-refractivity contribution in [2.75, 3.05) is 55.5 Å². The maximum atomic E-state index is 12.3. The maximum absolute atomic E-state index is 12.3. The molecule has 0 aliphatic carbocycles. The highest BCUT2D eigenvalue weighted by atomic mass is 35.5. The van der Waals surface area contributed by atoms with Gasteiger partial charge in [-0.3, -0.25) is 4.79 Å². The Morgan fingerprint density at radius 3 is 2.74 bits per heavy atom. The number of halogens is 1. The molecule has 0 radical (unpaired) electrons. The highest BCUT2D eigenvalue weighted by Gasteiger charge is 2.14.